The second-order valence-electron chi connectivity index (χ2n) is 7.03. The molecular formula is C20H26N2O5. The summed E-state index contributed by atoms with van der Waals surface area (Å²) in [6.45, 7) is 8.56. The number of nitro benzene ring substituents is 1. The van der Waals surface area contributed by atoms with E-state index in [1.165, 1.54) is 12.1 Å². The summed E-state index contributed by atoms with van der Waals surface area (Å²) in [5.74, 6) is -1.15. The number of hydrogen-bond acceptors (Lipinski definition) is 5. The van der Waals surface area contributed by atoms with Crippen molar-refractivity contribution in [3.05, 3.63) is 63.0 Å². The van der Waals surface area contributed by atoms with Crippen LogP contribution in [0.3, 0.4) is 0 Å². The fourth-order valence-electron chi connectivity index (χ4n) is 3.93. The third kappa shape index (κ3) is 3.60. The average Bonchev–Trinajstić information content (AvgIpc) is 2.60. The van der Waals surface area contributed by atoms with Gasteiger partial charge in [-0.2, -0.15) is 0 Å². The molecule has 0 aliphatic carbocycles. The predicted octanol–water partition coefficient (Wildman–Crippen LogP) is 3.71. The molecule has 27 heavy (non-hydrogen) atoms. The number of allylic oxidation sites excluding steroid dienone is 3. The van der Waals surface area contributed by atoms with Gasteiger partial charge >= 0.3 is 5.97 Å². The molecule has 1 atom stereocenters. The van der Waals surface area contributed by atoms with E-state index in [2.05, 4.69) is 0 Å². The number of ether oxygens (including phenoxy) is 1. The molecule has 7 nitrogen and oxygen atoms in total. The number of carbonyl (C=O) groups is 1. The number of nitro groups is 1. The fraction of sp³-hybridized carbons (Fsp3) is 0.450. The number of carboxylic acids is 1. The third-order valence-corrected chi connectivity index (χ3v) is 5.22. The Hall–Kier alpha value is -2.67. The first-order valence-electron chi connectivity index (χ1n) is 8.82. The Morgan fingerprint density at radius 1 is 1.37 bits per heavy atom. The van der Waals surface area contributed by atoms with Gasteiger partial charge in [0, 0.05) is 37.2 Å². The Labute approximate surface area is 159 Å². The van der Waals surface area contributed by atoms with Crippen LogP contribution in [0.1, 0.15) is 33.3 Å². The van der Waals surface area contributed by atoms with Crippen molar-refractivity contribution >= 4 is 11.7 Å². The van der Waals surface area contributed by atoms with Crippen LogP contribution in [0, 0.1) is 16.0 Å². The molecule has 0 saturated heterocycles. The summed E-state index contributed by atoms with van der Waals surface area (Å²) in [5, 5.41) is 21.3. The van der Waals surface area contributed by atoms with Gasteiger partial charge in [-0.05, 0) is 31.4 Å². The first-order valence-corrected chi connectivity index (χ1v) is 8.82. The van der Waals surface area contributed by atoms with Crippen molar-refractivity contribution in [3.63, 3.8) is 0 Å². The summed E-state index contributed by atoms with van der Waals surface area (Å²) < 4.78 is 5.15. The summed E-state index contributed by atoms with van der Waals surface area (Å²) in [7, 11) is 1.60. The van der Waals surface area contributed by atoms with E-state index in [1.54, 1.807) is 26.2 Å². The molecule has 7 heteroatoms. The minimum atomic E-state index is -1.03. The zero-order chi connectivity index (χ0) is 20.4. The van der Waals surface area contributed by atoms with Crippen molar-refractivity contribution < 1.29 is 19.6 Å². The van der Waals surface area contributed by atoms with Crippen molar-refractivity contribution in [2.75, 3.05) is 20.3 Å². The van der Waals surface area contributed by atoms with Crippen LogP contribution in [0.5, 0.6) is 0 Å². The molecule has 1 heterocycles. The molecule has 2 rings (SSSR count). The molecule has 0 amide bonds. The van der Waals surface area contributed by atoms with Gasteiger partial charge in [0.15, 0.2) is 0 Å². The van der Waals surface area contributed by atoms with Crippen LogP contribution in [0.4, 0.5) is 5.69 Å². The quantitative estimate of drug-likeness (QED) is 0.578. The summed E-state index contributed by atoms with van der Waals surface area (Å²) >= 11 is 0. The van der Waals surface area contributed by atoms with E-state index in [9.17, 15) is 20.0 Å². The Kier molecular flexibility index (Phi) is 6.05. The van der Waals surface area contributed by atoms with E-state index in [0.717, 1.165) is 5.70 Å². The largest absolute Gasteiger partial charge is 0.478 e. The van der Waals surface area contributed by atoms with E-state index < -0.39 is 16.3 Å². The number of aliphatic carboxylic acids is 1. The zero-order valence-corrected chi connectivity index (χ0v) is 16.4. The van der Waals surface area contributed by atoms with Crippen LogP contribution >= 0.6 is 0 Å². The lowest BCUT2D eigenvalue weighted by Gasteiger charge is -2.44. The molecule has 1 unspecified atom stereocenters. The smallest absolute Gasteiger partial charge is 0.334 e. The highest BCUT2D eigenvalue weighted by Gasteiger charge is 2.46. The summed E-state index contributed by atoms with van der Waals surface area (Å²) in [5.41, 5.74) is 1.35. The van der Waals surface area contributed by atoms with Crippen LogP contribution < -0.4 is 0 Å². The molecule has 0 spiro atoms. The number of rotatable bonds is 7. The minimum Gasteiger partial charge on any atom is -0.478 e. The van der Waals surface area contributed by atoms with E-state index in [-0.39, 0.29) is 17.2 Å². The van der Waals surface area contributed by atoms with Crippen LogP contribution in [-0.4, -0.2) is 41.2 Å². The number of carboxylic acid groups (broad SMARTS) is 1. The lowest BCUT2D eigenvalue weighted by atomic mass is 9.64. The molecule has 0 fully saturated rings. The minimum absolute atomic E-state index is 0.0530. The topological polar surface area (TPSA) is 92.9 Å². The number of non-ortho nitro benzene ring substituents is 1. The maximum atomic E-state index is 12.3. The van der Waals surface area contributed by atoms with Crippen molar-refractivity contribution in [2.24, 2.45) is 5.92 Å². The first-order chi connectivity index (χ1) is 12.7. The number of nitrogens with zero attached hydrogens (tertiary/aromatic N) is 2. The highest BCUT2D eigenvalue weighted by atomic mass is 16.6. The van der Waals surface area contributed by atoms with Crippen LogP contribution in [0.15, 0.2) is 47.3 Å². The van der Waals surface area contributed by atoms with E-state index in [4.69, 9.17) is 4.74 Å². The van der Waals surface area contributed by atoms with Gasteiger partial charge in [0.2, 0.25) is 0 Å². The summed E-state index contributed by atoms with van der Waals surface area (Å²) in [6.07, 6.45) is 1.92. The Morgan fingerprint density at radius 3 is 2.56 bits per heavy atom. The Balaban J connectivity index is 2.77. The predicted molar refractivity (Wildman–Crippen MR) is 102 cm³/mol. The van der Waals surface area contributed by atoms with Gasteiger partial charge in [0.25, 0.3) is 5.69 Å². The normalized spacial score (nSPS) is 20.1. The molecule has 0 radical (unpaired) electrons. The van der Waals surface area contributed by atoms with Gasteiger partial charge in [-0.15, -0.1) is 0 Å². The van der Waals surface area contributed by atoms with Crippen molar-refractivity contribution in [2.45, 2.75) is 33.1 Å². The van der Waals surface area contributed by atoms with Crippen LogP contribution in [-0.2, 0) is 14.9 Å². The third-order valence-electron chi connectivity index (χ3n) is 5.22. The fourth-order valence-corrected chi connectivity index (χ4v) is 3.93. The molecule has 0 saturated carbocycles. The molecule has 1 aromatic carbocycles. The lowest BCUT2D eigenvalue weighted by molar-refractivity contribution is -0.385. The molecule has 0 bridgehead atoms. The lowest BCUT2D eigenvalue weighted by Crippen LogP contribution is -2.43. The van der Waals surface area contributed by atoms with Crippen LogP contribution in [0.2, 0.25) is 0 Å². The van der Waals surface area contributed by atoms with Gasteiger partial charge in [0.1, 0.15) is 0 Å². The maximum Gasteiger partial charge on any atom is 0.334 e. The van der Waals surface area contributed by atoms with E-state index in [0.29, 0.717) is 24.4 Å². The second-order valence-corrected chi connectivity index (χ2v) is 7.03. The first kappa shape index (κ1) is 20.6. The molecule has 1 aromatic rings. The average molecular weight is 374 g/mol. The van der Waals surface area contributed by atoms with Gasteiger partial charge in [-0.3, -0.25) is 10.1 Å². The zero-order valence-electron chi connectivity index (χ0n) is 16.4. The van der Waals surface area contributed by atoms with Gasteiger partial charge in [0.05, 0.1) is 22.5 Å². The number of benzene rings is 1. The van der Waals surface area contributed by atoms with Gasteiger partial charge < -0.3 is 14.7 Å². The summed E-state index contributed by atoms with van der Waals surface area (Å²) in [4.78, 5) is 25.1. The molecule has 1 aliphatic heterocycles. The Morgan fingerprint density at radius 2 is 2.04 bits per heavy atom. The standard InChI is InChI=1S/C20H26N2O5/c1-13(2)20(16-7-6-8-17(11-16)22(25)26)12-14(3)21(9-10-27-5)15(4)18(20)19(23)24/h6-8,11-13H,9-10H2,1-5H3,(H,23,24). The molecule has 1 N–H and O–H groups in total. The van der Waals surface area contributed by atoms with Gasteiger partial charge in [-0.25, -0.2) is 4.79 Å². The number of methoxy groups -OCH3 is 1. The summed E-state index contributed by atoms with van der Waals surface area (Å²) in [6, 6.07) is 6.26. The SMILES string of the molecule is COCCN1C(C)=CC(c2cccc([N+](=O)[O-])c2)(C(C)C)C(C(=O)O)=C1C. The van der Waals surface area contributed by atoms with Crippen molar-refractivity contribution in [3.8, 4) is 0 Å². The van der Waals surface area contributed by atoms with Crippen molar-refractivity contribution in [1.82, 2.24) is 4.90 Å². The van der Waals surface area contributed by atoms with E-state index in [1.807, 2.05) is 31.7 Å². The molecule has 0 aromatic heterocycles. The molecule has 1 aliphatic rings. The van der Waals surface area contributed by atoms with Crippen molar-refractivity contribution in [1.29, 1.82) is 0 Å². The number of hydrogen-bond donors (Lipinski definition) is 1. The monoisotopic (exact) mass is 374 g/mol. The Bertz CT molecular complexity index is 812. The van der Waals surface area contributed by atoms with E-state index >= 15 is 0 Å². The van der Waals surface area contributed by atoms with Crippen LogP contribution in [0.25, 0.3) is 0 Å². The highest BCUT2D eigenvalue weighted by molar-refractivity contribution is 5.92. The second kappa shape index (κ2) is 7.92. The van der Waals surface area contributed by atoms with Gasteiger partial charge in [-0.1, -0.05) is 26.0 Å². The molecule has 146 valence electrons. The highest BCUT2D eigenvalue weighted by Crippen LogP contribution is 2.47. The maximum absolute atomic E-state index is 12.3. The molecular weight excluding hydrogens is 348 g/mol.